The number of nitrogens with two attached hydrogens (primary N) is 1. The lowest BCUT2D eigenvalue weighted by Gasteiger charge is -2.06. The van der Waals surface area contributed by atoms with Gasteiger partial charge < -0.3 is 10.7 Å². The molecule has 0 amide bonds. The molecular formula is C13H12BrN5S. The van der Waals surface area contributed by atoms with Crippen LogP contribution in [0.3, 0.4) is 0 Å². The molecule has 0 bridgehead atoms. The van der Waals surface area contributed by atoms with Crippen LogP contribution in [0.25, 0.3) is 11.2 Å². The Morgan fingerprint density at radius 3 is 2.95 bits per heavy atom. The predicted octanol–water partition coefficient (Wildman–Crippen LogP) is 2.77. The number of halogens is 1. The van der Waals surface area contributed by atoms with Gasteiger partial charge in [-0.25, -0.2) is 15.0 Å². The molecule has 20 heavy (non-hydrogen) atoms. The van der Waals surface area contributed by atoms with Crippen molar-refractivity contribution in [2.75, 3.05) is 6.54 Å². The highest BCUT2D eigenvalue weighted by molar-refractivity contribution is 9.10. The van der Waals surface area contributed by atoms with Gasteiger partial charge in [-0.15, -0.1) is 0 Å². The van der Waals surface area contributed by atoms with Crippen LogP contribution in [0.5, 0.6) is 0 Å². The summed E-state index contributed by atoms with van der Waals surface area (Å²) in [5.74, 6) is 0. The van der Waals surface area contributed by atoms with Crippen molar-refractivity contribution >= 4 is 38.9 Å². The molecule has 0 aliphatic heterocycles. The second-order valence-corrected chi connectivity index (χ2v) is 6.09. The summed E-state index contributed by atoms with van der Waals surface area (Å²) >= 11 is 5.16. The molecular weight excluding hydrogens is 338 g/mol. The fraction of sp³-hybridized carbons (Fsp3) is 0.154. The molecule has 3 aromatic rings. The lowest BCUT2D eigenvalue weighted by molar-refractivity contribution is 0.960. The van der Waals surface area contributed by atoms with Crippen LogP contribution in [0.15, 0.2) is 45.2 Å². The van der Waals surface area contributed by atoms with Crippen LogP contribution in [-0.2, 0) is 6.42 Å². The topological polar surface area (TPSA) is 80.5 Å². The number of hydrogen-bond donors (Lipinski definition) is 2. The van der Waals surface area contributed by atoms with Crippen LogP contribution < -0.4 is 5.73 Å². The van der Waals surface area contributed by atoms with Gasteiger partial charge in [-0.2, -0.15) is 0 Å². The number of nitrogens with zero attached hydrogens (tertiary/aromatic N) is 3. The Hall–Kier alpha value is -1.44. The van der Waals surface area contributed by atoms with Crippen molar-refractivity contribution in [1.82, 2.24) is 19.9 Å². The van der Waals surface area contributed by atoms with E-state index in [2.05, 4.69) is 54.1 Å². The van der Waals surface area contributed by atoms with Gasteiger partial charge in [-0.1, -0.05) is 33.8 Å². The molecule has 3 N–H and O–H groups in total. The molecule has 2 aromatic heterocycles. The summed E-state index contributed by atoms with van der Waals surface area (Å²) in [6.07, 6.45) is 4.02. The monoisotopic (exact) mass is 349 g/mol. The highest BCUT2D eigenvalue weighted by Gasteiger charge is 2.09. The molecule has 0 unspecified atom stereocenters. The summed E-state index contributed by atoms with van der Waals surface area (Å²) < 4.78 is 1.07. The van der Waals surface area contributed by atoms with E-state index in [9.17, 15) is 0 Å². The Labute approximate surface area is 128 Å². The summed E-state index contributed by atoms with van der Waals surface area (Å²) in [5.41, 5.74) is 8.34. The fourth-order valence-electron chi connectivity index (χ4n) is 1.88. The Balaban J connectivity index is 1.91. The smallest absolute Gasteiger partial charge is 0.181 e. The van der Waals surface area contributed by atoms with Crippen molar-refractivity contribution in [1.29, 1.82) is 0 Å². The maximum atomic E-state index is 5.59. The molecule has 0 saturated carbocycles. The van der Waals surface area contributed by atoms with Crippen LogP contribution in [0.1, 0.15) is 5.56 Å². The molecule has 0 saturated heterocycles. The van der Waals surface area contributed by atoms with Crippen LogP contribution in [0.4, 0.5) is 0 Å². The number of benzene rings is 1. The molecule has 0 aliphatic rings. The van der Waals surface area contributed by atoms with Crippen molar-refractivity contribution in [3.63, 3.8) is 0 Å². The van der Waals surface area contributed by atoms with Crippen LogP contribution in [-0.4, -0.2) is 26.5 Å². The Bertz CT molecular complexity index is 742. The molecule has 3 rings (SSSR count). The zero-order chi connectivity index (χ0) is 13.9. The standard InChI is InChI=1S/C13H12BrN5S/c14-10-5-9(2-1-8(10)3-4-15)20-13-11-12(17-6-16-11)18-7-19-13/h1-2,5-7H,3-4,15H2,(H,16,17,18,19). The number of hydrogen-bond acceptors (Lipinski definition) is 5. The summed E-state index contributed by atoms with van der Waals surface area (Å²) in [4.78, 5) is 16.7. The van der Waals surface area contributed by atoms with E-state index in [-0.39, 0.29) is 0 Å². The third-order valence-electron chi connectivity index (χ3n) is 2.84. The molecule has 1 aromatic carbocycles. The second kappa shape index (κ2) is 5.90. The van der Waals surface area contributed by atoms with E-state index in [4.69, 9.17) is 5.73 Å². The third-order valence-corrected chi connectivity index (χ3v) is 4.57. The molecule has 0 spiro atoms. The number of nitrogens with one attached hydrogen (secondary N) is 1. The minimum Gasteiger partial charge on any atom is -0.341 e. The largest absolute Gasteiger partial charge is 0.341 e. The van der Waals surface area contributed by atoms with E-state index < -0.39 is 0 Å². The van der Waals surface area contributed by atoms with Crippen molar-refractivity contribution < 1.29 is 0 Å². The molecule has 0 atom stereocenters. The first-order chi connectivity index (χ1) is 9.78. The number of aromatic amines is 1. The summed E-state index contributed by atoms with van der Waals surface area (Å²) in [6.45, 7) is 0.645. The number of aromatic nitrogens is 4. The van der Waals surface area contributed by atoms with Gasteiger partial charge in [-0.05, 0) is 30.7 Å². The van der Waals surface area contributed by atoms with E-state index in [1.165, 1.54) is 11.9 Å². The minimum atomic E-state index is 0.645. The van der Waals surface area contributed by atoms with Crippen molar-refractivity contribution in [2.45, 2.75) is 16.3 Å². The van der Waals surface area contributed by atoms with E-state index in [1.54, 1.807) is 18.1 Å². The SMILES string of the molecule is NCCc1ccc(Sc2ncnc3nc[nH]c23)cc1Br. The number of rotatable bonds is 4. The van der Waals surface area contributed by atoms with Crippen LogP contribution in [0, 0.1) is 0 Å². The van der Waals surface area contributed by atoms with E-state index >= 15 is 0 Å². The average Bonchev–Trinajstić information content (AvgIpc) is 2.91. The Morgan fingerprint density at radius 2 is 2.15 bits per heavy atom. The van der Waals surface area contributed by atoms with Crippen LogP contribution >= 0.6 is 27.7 Å². The average molecular weight is 350 g/mol. The van der Waals surface area contributed by atoms with Gasteiger partial charge in [0.25, 0.3) is 0 Å². The summed E-state index contributed by atoms with van der Waals surface area (Å²) in [5, 5.41) is 0.867. The lowest BCUT2D eigenvalue weighted by Crippen LogP contribution is -2.03. The maximum absolute atomic E-state index is 5.59. The van der Waals surface area contributed by atoms with Crippen LogP contribution in [0.2, 0.25) is 0 Å². The first-order valence-corrected chi connectivity index (χ1v) is 7.69. The molecule has 0 aliphatic carbocycles. The van der Waals surface area contributed by atoms with Gasteiger partial charge in [0, 0.05) is 9.37 Å². The normalized spacial score (nSPS) is 11.1. The summed E-state index contributed by atoms with van der Waals surface area (Å²) in [7, 11) is 0. The predicted molar refractivity (Wildman–Crippen MR) is 82.7 cm³/mol. The first kappa shape index (κ1) is 13.5. The van der Waals surface area contributed by atoms with Gasteiger partial charge in [0.15, 0.2) is 5.65 Å². The fourth-order valence-corrected chi connectivity index (χ4v) is 3.50. The van der Waals surface area contributed by atoms with Gasteiger partial charge >= 0.3 is 0 Å². The molecule has 0 fully saturated rings. The summed E-state index contributed by atoms with van der Waals surface area (Å²) in [6, 6.07) is 6.25. The van der Waals surface area contributed by atoms with Gasteiger partial charge in [0.2, 0.25) is 0 Å². The zero-order valence-electron chi connectivity index (χ0n) is 10.5. The molecule has 2 heterocycles. The molecule has 5 nitrogen and oxygen atoms in total. The number of H-pyrrole nitrogens is 1. The van der Waals surface area contributed by atoms with Gasteiger partial charge in [-0.3, -0.25) is 0 Å². The van der Waals surface area contributed by atoms with E-state index in [0.717, 1.165) is 26.3 Å². The zero-order valence-corrected chi connectivity index (χ0v) is 12.9. The second-order valence-electron chi connectivity index (χ2n) is 4.17. The molecule has 7 heteroatoms. The number of fused-ring (bicyclic) bond motifs is 1. The van der Waals surface area contributed by atoms with E-state index in [1.807, 2.05) is 0 Å². The Morgan fingerprint density at radius 1 is 1.25 bits per heavy atom. The quantitative estimate of drug-likeness (QED) is 0.708. The van der Waals surface area contributed by atoms with E-state index in [0.29, 0.717) is 12.2 Å². The number of imidazole rings is 1. The van der Waals surface area contributed by atoms with Gasteiger partial charge in [0.05, 0.1) is 6.33 Å². The maximum Gasteiger partial charge on any atom is 0.181 e. The highest BCUT2D eigenvalue weighted by atomic mass is 79.9. The van der Waals surface area contributed by atoms with Crippen molar-refractivity contribution in [3.05, 3.63) is 40.9 Å². The van der Waals surface area contributed by atoms with Crippen molar-refractivity contribution in [2.24, 2.45) is 5.73 Å². The van der Waals surface area contributed by atoms with Gasteiger partial charge in [0.1, 0.15) is 16.9 Å². The lowest BCUT2D eigenvalue weighted by atomic mass is 10.1. The highest BCUT2D eigenvalue weighted by Crippen LogP contribution is 2.32. The first-order valence-electron chi connectivity index (χ1n) is 6.08. The van der Waals surface area contributed by atoms with Crippen molar-refractivity contribution in [3.8, 4) is 0 Å². The molecule has 102 valence electrons. The minimum absolute atomic E-state index is 0.645. The Kier molecular flexibility index (Phi) is 4.00. The third kappa shape index (κ3) is 2.70. The molecule has 0 radical (unpaired) electrons.